The zero-order valence-corrected chi connectivity index (χ0v) is 17.4. The molecule has 2 N–H and O–H groups in total. The summed E-state index contributed by atoms with van der Waals surface area (Å²) in [5, 5.41) is 5.83. The molecule has 0 aliphatic rings. The van der Waals surface area contributed by atoms with Crippen molar-refractivity contribution in [3.05, 3.63) is 59.7 Å². The van der Waals surface area contributed by atoms with Crippen LogP contribution in [0.25, 0.3) is 11.0 Å². The van der Waals surface area contributed by atoms with Gasteiger partial charge in [0.1, 0.15) is 6.04 Å². The minimum Gasteiger partial charge on any atom is -0.340 e. The van der Waals surface area contributed by atoms with Crippen molar-refractivity contribution in [1.29, 1.82) is 0 Å². The Morgan fingerprint density at radius 3 is 2.45 bits per heavy atom. The average molecular weight is 393 g/mol. The molecule has 1 atom stereocenters. The summed E-state index contributed by atoms with van der Waals surface area (Å²) < 4.78 is 2.01. The van der Waals surface area contributed by atoms with E-state index in [0.29, 0.717) is 11.5 Å². The van der Waals surface area contributed by atoms with Gasteiger partial charge >= 0.3 is 0 Å². The second kappa shape index (κ2) is 8.90. The third-order valence-electron chi connectivity index (χ3n) is 4.96. The average Bonchev–Trinajstić information content (AvgIpc) is 3.03. The highest BCUT2D eigenvalue weighted by Crippen LogP contribution is 2.21. The first-order valence-electron chi connectivity index (χ1n) is 10.0. The summed E-state index contributed by atoms with van der Waals surface area (Å²) >= 11 is 0. The Kier molecular flexibility index (Phi) is 6.32. The molecule has 2 aromatic carbocycles. The number of amides is 2. The zero-order chi connectivity index (χ0) is 21.0. The van der Waals surface area contributed by atoms with E-state index < -0.39 is 6.04 Å². The lowest BCUT2D eigenvalue weighted by atomic mass is 10.0. The Morgan fingerprint density at radius 2 is 1.76 bits per heavy atom. The van der Waals surface area contributed by atoms with E-state index in [-0.39, 0.29) is 17.7 Å². The predicted octanol–water partition coefficient (Wildman–Crippen LogP) is 4.15. The van der Waals surface area contributed by atoms with Crippen LogP contribution in [0, 0.1) is 12.8 Å². The molecule has 0 saturated heterocycles. The van der Waals surface area contributed by atoms with E-state index in [0.717, 1.165) is 29.6 Å². The highest BCUT2D eigenvalue weighted by atomic mass is 16.2. The quantitative estimate of drug-likeness (QED) is 0.634. The molecule has 0 aliphatic heterocycles. The number of carbonyl (C=O) groups excluding carboxylic acids is 2. The maximum absolute atomic E-state index is 13.1. The van der Waals surface area contributed by atoms with Gasteiger partial charge in [-0.2, -0.15) is 0 Å². The maximum atomic E-state index is 13.1. The molecule has 3 aromatic rings. The van der Waals surface area contributed by atoms with E-state index in [4.69, 9.17) is 0 Å². The van der Waals surface area contributed by atoms with E-state index in [9.17, 15) is 9.59 Å². The van der Waals surface area contributed by atoms with Crippen LogP contribution in [0.3, 0.4) is 0 Å². The molecule has 6 heteroatoms. The van der Waals surface area contributed by atoms with Crippen LogP contribution in [0.5, 0.6) is 0 Å². The largest absolute Gasteiger partial charge is 0.340 e. The highest BCUT2D eigenvalue weighted by molar-refractivity contribution is 6.01. The van der Waals surface area contributed by atoms with Crippen molar-refractivity contribution in [2.45, 2.75) is 46.7 Å². The van der Waals surface area contributed by atoms with Gasteiger partial charge in [0.25, 0.3) is 5.91 Å². The Hall–Kier alpha value is -3.15. The summed E-state index contributed by atoms with van der Waals surface area (Å²) in [6, 6.07) is 14.5. The number of hydrogen-bond acceptors (Lipinski definition) is 3. The van der Waals surface area contributed by atoms with Gasteiger partial charge in [-0.15, -0.1) is 0 Å². The molecule has 0 fully saturated rings. The summed E-state index contributed by atoms with van der Waals surface area (Å²) in [5.41, 5.74) is 3.26. The van der Waals surface area contributed by atoms with E-state index in [1.807, 2.05) is 67.8 Å². The second-order valence-corrected chi connectivity index (χ2v) is 7.58. The number of rotatable bonds is 7. The Labute approximate surface area is 171 Å². The summed E-state index contributed by atoms with van der Waals surface area (Å²) in [7, 11) is 0. The lowest BCUT2D eigenvalue weighted by molar-refractivity contribution is -0.119. The number of fused-ring (bicyclic) bond motifs is 1. The van der Waals surface area contributed by atoms with Crippen LogP contribution < -0.4 is 10.6 Å². The fourth-order valence-corrected chi connectivity index (χ4v) is 3.39. The first-order chi connectivity index (χ1) is 13.9. The Bertz CT molecular complexity index is 1020. The Morgan fingerprint density at radius 1 is 1.07 bits per heavy atom. The standard InChI is InChI=1S/C23H28N4O2/c1-5-14-27-19-13-9-8-12-18(19)24-23(27)26-22(29)20(15(2)3)25-21(28)17-11-7-6-10-16(17)4/h6-13,15,20H,5,14H2,1-4H3,(H,25,28)(H,24,26,29)/t20-/m1/s1. The van der Waals surface area contributed by atoms with Gasteiger partial charge in [-0.3, -0.25) is 14.9 Å². The van der Waals surface area contributed by atoms with Gasteiger partial charge in [-0.05, 0) is 43.0 Å². The molecule has 3 rings (SSSR count). The molecule has 0 bridgehead atoms. The monoisotopic (exact) mass is 392 g/mol. The highest BCUT2D eigenvalue weighted by Gasteiger charge is 2.26. The van der Waals surface area contributed by atoms with Crippen molar-refractivity contribution in [3.63, 3.8) is 0 Å². The van der Waals surface area contributed by atoms with Crippen LogP contribution in [-0.4, -0.2) is 27.4 Å². The first kappa shape index (κ1) is 20.6. The van der Waals surface area contributed by atoms with Crippen molar-refractivity contribution >= 4 is 28.8 Å². The van der Waals surface area contributed by atoms with Gasteiger partial charge in [0.15, 0.2) is 0 Å². The van der Waals surface area contributed by atoms with Crippen LogP contribution >= 0.6 is 0 Å². The number of aromatic nitrogens is 2. The number of anilines is 1. The molecule has 0 spiro atoms. The fourth-order valence-electron chi connectivity index (χ4n) is 3.39. The van der Waals surface area contributed by atoms with Crippen molar-refractivity contribution < 1.29 is 9.59 Å². The van der Waals surface area contributed by atoms with Crippen LogP contribution in [0.1, 0.15) is 43.1 Å². The summed E-state index contributed by atoms with van der Waals surface area (Å²) in [6.07, 6.45) is 0.918. The minimum atomic E-state index is -0.669. The minimum absolute atomic E-state index is 0.0769. The van der Waals surface area contributed by atoms with Gasteiger partial charge in [0.2, 0.25) is 11.9 Å². The number of benzene rings is 2. The molecule has 0 unspecified atom stereocenters. The lowest BCUT2D eigenvalue weighted by Crippen LogP contribution is -2.47. The third kappa shape index (κ3) is 4.47. The van der Waals surface area contributed by atoms with Gasteiger partial charge < -0.3 is 9.88 Å². The summed E-state index contributed by atoms with van der Waals surface area (Å²) in [4.78, 5) is 30.4. The van der Waals surface area contributed by atoms with Crippen LogP contribution in [0.15, 0.2) is 48.5 Å². The molecule has 0 saturated carbocycles. The molecule has 2 amide bonds. The van der Waals surface area contributed by atoms with E-state index in [2.05, 4.69) is 22.5 Å². The maximum Gasteiger partial charge on any atom is 0.252 e. The molecule has 0 radical (unpaired) electrons. The Balaban J connectivity index is 1.83. The van der Waals surface area contributed by atoms with Crippen LogP contribution in [0.4, 0.5) is 5.95 Å². The molecule has 1 heterocycles. The van der Waals surface area contributed by atoms with Crippen molar-refractivity contribution in [1.82, 2.24) is 14.9 Å². The zero-order valence-electron chi connectivity index (χ0n) is 17.4. The smallest absolute Gasteiger partial charge is 0.252 e. The van der Waals surface area contributed by atoms with Crippen molar-refractivity contribution in [2.75, 3.05) is 5.32 Å². The van der Waals surface area contributed by atoms with Gasteiger partial charge in [0, 0.05) is 12.1 Å². The summed E-state index contributed by atoms with van der Waals surface area (Å²) in [6.45, 7) is 8.54. The van der Waals surface area contributed by atoms with Crippen LogP contribution in [-0.2, 0) is 11.3 Å². The normalized spacial score (nSPS) is 12.2. The van der Waals surface area contributed by atoms with E-state index >= 15 is 0 Å². The van der Waals surface area contributed by atoms with Gasteiger partial charge in [-0.1, -0.05) is 51.1 Å². The predicted molar refractivity (Wildman–Crippen MR) is 116 cm³/mol. The lowest BCUT2D eigenvalue weighted by Gasteiger charge is -2.22. The second-order valence-electron chi connectivity index (χ2n) is 7.58. The molecule has 1 aromatic heterocycles. The molecule has 152 valence electrons. The molecular weight excluding hydrogens is 364 g/mol. The molecular formula is C23H28N4O2. The van der Waals surface area contributed by atoms with Crippen LogP contribution in [0.2, 0.25) is 0 Å². The number of nitrogens with one attached hydrogen (secondary N) is 2. The van der Waals surface area contributed by atoms with Gasteiger partial charge in [-0.25, -0.2) is 4.98 Å². The number of hydrogen-bond donors (Lipinski definition) is 2. The number of para-hydroxylation sites is 2. The molecule has 29 heavy (non-hydrogen) atoms. The first-order valence-corrected chi connectivity index (χ1v) is 10.0. The fraction of sp³-hybridized carbons (Fsp3) is 0.348. The number of aryl methyl sites for hydroxylation is 2. The number of imidazole rings is 1. The number of nitrogens with zero attached hydrogens (tertiary/aromatic N) is 2. The van der Waals surface area contributed by atoms with Gasteiger partial charge in [0.05, 0.1) is 11.0 Å². The topological polar surface area (TPSA) is 76.0 Å². The third-order valence-corrected chi connectivity index (χ3v) is 4.96. The molecule has 0 aliphatic carbocycles. The van der Waals surface area contributed by atoms with Crippen molar-refractivity contribution in [2.24, 2.45) is 5.92 Å². The number of carbonyl (C=O) groups is 2. The van der Waals surface area contributed by atoms with E-state index in [1.165, 1.54) is 0 Å². The van der Waals surface area contributed by atoms with Crippen molar-refractivity contribution in [3.8, 4) is 0 Å². The SMILES string of the molecule is CCCn1c(NC(=O)[C@H](NC(=O)c2ccccc2C)C(C)C)nc2ccccc21. The van der Waals surface area contributed by atoms with E-state index in [1.54, 1.807) is 6.07 Å². The molecule has 6 nitrogen and oxygen atoms in total. The summed E-state index contributed by atoms with van der Waals surface area (Å²) in [5.74, 6) is -0.0885.